The summed E-state index contributed by atoms with van der Waals surface area (Å²) < 4.78 is 37.9. The lowest BCUT2D eigenvalue weighted by Crippen LogP contribution is -2.53. The van der Waals surface area contributed by atoms with Crippen molar-refractivity contribution < 1.29 is 22.7 Å². The van der Waals surface area contributed by atoms with Crippen LogP contribution < -0.4 is 14.8 Å². The Morgan fingerprint density at radius 1 is 0.932 bits per heavy atom. The standard InChI is InChI=1S/C33H39N5O5S/c1-43-26-8-10-27-24(18-26)17-25-21-38-29-19-23(7-9-28(29)31(32(27)38)22-5-3-2-4-6-22)33(40)35-44(41,42)37-15-13-36(14-16-37)12-11-34-20-30(25)39/h7-10,17-19,22,34H,2-6,11-16,20-21H2,1H3,(H,35,40). The predicted molar refractivity (Wildman–Crippen MR) is 170 cm³/mol. The number of nitrogens with zero attached hydrogens (tertiary/aromatic N) is 3. The first-order valence-corrected chi connectivity index (χ1v) is 17.1. The summed E-state index contributed by atoms with van der Waals surface area (Å²) in [5, 5.41) is 4.37. The van der Waals surface area contributed by atoms with Gasteiger partial charge in [-0.3, -0.25) is 14.5 Å². The van der Waals surface area contributed by atoms with Gasteiger partial charge in [-0.2, -0.15) is 12.7 Å². The van der Waals surface area contributed by atoms with E-state index in [1.165, 1.54) is 16.3 Å². The number of amides is 1. The largest absolute Gasteiger partial charge is 0.497 e. The van der Waals surface area contributed by atoms with Gasteiger partial charge in [-0.1, -0.05) is 25.3 Å². The van der Waals surface area contributed by atoms with Crippen LogP contribution in [0.4, 0.5) is 0 Å². The molecule has 3 aromatic rings. The van der Waals surface area contributed by atoms with Gasteiger partial charge in [-0.05, 0) is 66.3 Å². The fourth-order valence-electron chi connectivity index (χ4n) is 7.34. The van der Waals surface area contributed by atoms with Crippen LogP contribution in [0, 0.1) is 0 Å². The van der Waals surface area contributed by atoms with Crippen LogP contribution in [0.2, 0.25) is 0 Å². The van der Waals surface area contributed by atoms with Crippen LogP contribution in [-0.4, -0.2) is 86.8 Å². The van der Waals surface area contributed by atoms with E-state index < -0.39 is 16.1 Å². The molecule has 1 saturated carbocycles. The van der Waals surface area contributed by atoms with Crippen LogP contribution in [0.1, 0.15) is 59.5 Å². The number of hydrogen-bond donors (Lipinski definition) is 2. The monoisotopic (exact) mass is 617 g/mol. The zero-order valence-corrected chi connectivity index (χ0v) is 25.9. The number of ketones is 1. The maximum absolute atomic E-state index is 13.8. The number of aromatic nitrogens is 1. The van der Waals surface area contributed by atoms with Crippen molar-refractivity contribution in [1.29, 1.82) is 0 Å². The van der Waals surface area contributed by atoms with Gasteiger partial charge in [0.1, 0.15) is 5.75 Å². The Balaban J connectivity index is 1.43. The number of piperazine rings is 1. The SMILES string of the molecule is COc1ccc2c(c1)C=C1Cn3c-2c(C2CCCCC2)c2ccc(cc23)C(=O)NS(=O)(=O)N2CCN(CCNCC1=O)CC2. The second-order valence-corrected chi connectivity index (χ2v) is 14.0. The molecule has 0 spiro atoms. The normalized spacial score (nSPS) is 24.3. The quantitative estimate of drug-likeness (QED) is 0.453. The molecule has 232 valence electrons. The minimum atomic E-state index is -4.00. The van der Waals surface area contributed by atoms with Crippen LogP contribution in [0.25, 0.3) is 28.2 Å². The molecular weight excluding hydrogens is 578 g/mol. The number of nitrogens with one attached hydrogen (secondary N) is 2. The summed E-state index contributed by atoms with van der Waals surface area (Å²) in [4.78, 5) is 29.4. The summed E-state index contributed by atoms with van der Waals surface area (Å²) >= 11 is 0. The number of methoxy groups -OCH3 is 1. The van der Waals surface area contributed by atoms with E-state index in [0.717, 1.165) is 59.2 Å². The van der Waals surface area contributed by atoms with Gasteiger partial charge in [0.05, 0.1) is 25.9 Å². The van der Waals surface area contributed by atoms with E-state index in [-0.39, 0.29) is 17.9 Å². The number of hydrogen-bond acceptors (Lipinski definition) is 7. The number of benzene rings is 2. The second-order valence-electron chi connectivity index (χ2n) is 12.3. The average molecular weight is 618 g/mol. The van der Waals surface area contributed by atoms with Crippen LogP contribution in [-0.2, 0) is 21.5 Å². The topological polar surface area (TPSA) is 113 Å². The van der Waals surface area contributed by atoms with Crippen molar-refractivity contribution in [3.63, 3.8) is 0 Å². The summed E-state index contributed by atoms with van der Waals surface area (Å²) in [7, 11) is -2.35. The van der Waals surface area contributed by atoms with E-state index in [0.29, 0.717) is 57.3 Å². The van der Waals surface area contributed by atoms with E-state index in [2.05, 4.69) is 25.6 Å². The van der Waals surface area contributed by atoms with E-state index in [9.17, 15) is 18.0 Å². The number of carbonyl (C=O) groups excluding carboxylic acids is 2. The number of rotatable bonds is 2. The molecule has 2 N–H and O–H groups in total. The van der Waals surface area contributed by atoms with Crippen molar-refractivity contribution in [2.45, 2.75) is 44.6 Å². The molecule has 0 unspecified atom stereocenters. The first-order chi connectivity index (χ1) is 21.3. The third-order valence-electron chi connectivity index (χ3n) is 9.69. The lowest BCUT2D eigenvalue weighted by Gasteiger charge is -2.33. The molecule has 0 atom stereocenters. The molecule has 2 fully saturated rings. The molecule has 44 heavy (non-hydrogen) atoms. The van der Waals surface area contributed by atoms with Crippen molar-refractivity contribution in [3.8, 4) is 17.0 Å². The van der Waals surface area contributed by atoms with E-state index in [4.69, 9.17) is 4.74 Å². The van der Waals surface area contributed by atoms with E-state index in [1.54, 1.807) is 19.2 Å². The highest BCUT2D eigenvalue weighted by atomic mass is 32.2. The summed E-state index contributed by atoms with van der Waals surface area (Å²) in [6, 6.07) is 11.5. The molecule has 1 aliphatic carbocycles. The second kappa shape index (κ2) is 11.8. The Morgan fingerprint density at radius 3 is 2.50 bits per heavy atom. The zero-order chi connectivity index (χ0) is 30.4. The van der Waals surface area contributed by atoms with Crippen LogP contribution in [0.3, 0.4) is 0 Å². The minimum absolute atomic E-state index is 0.0265. The highest BCUT2D eigenvalue weighted by Crippen LogP contribution is 2.47. The molecule has 10 nitrogen and oxygen atoms in total. The summed E-state index contributed by atoms with van der Waals surface area (Å²) in [6.07, 6.45) is 7.69. The predicted octanol–water partition coefficient (Wildman–Crippen LogP) is 3.53. The van der Waals surface area contributed by atoms with Crippen molar-refractivity contribution in [2.24, 2.45) is 0 Å². The molecule has 2 aromatic carbocycles. The highest BCUT2D eigenvalue weighted by Gasteiger charge is 2.32. The molecular formula is C33H39N5O5S. The first kappa shape index (κ1) is 29.2. The maximum atomic E-state index is 13.8. The molecule has 1 aromatic heterocycles. The molecule has 5 aliphatic rings. The minimum Gasteiger partial charge on any atom is -0.497 e. The molecule has 0 radical (unpaired) electrons. The third-order valence-corrected chi connectivity index (χ3v) is 11.2. The number of fused-ring (bicyclic) bond motifs is 10. The van der Waals surface area contributed by atoms with Crippen LogP contribution in [0.5, 0.6) is 5.75 Å². The Kier molecular flexibility index (Phi) is 7.82. The zero-order valence-electron chi connectivity index (χ0n) is 25.1. The van der Waals surface area contributed by atoms with Crippen molar-refractivity contribution in [2.75, 3.05) is 52.9 Å². The number of carbonyl (C=O) groups is 2. The van der Waals surface area contributed by atoms with Crippen molar-refractivity contribution >= 4 is 38.9 Å². The fraction of sp³-hybridized carbons (Fsp3) is 0.455. The van der Waals surface area contributed by atoms with Gasteiger partial charge in [0, 0.05) is 66.9 Å². The molecule has 5 heterocycles. The van der Waals surface area contributed by atoms with Crippen LogP contribution >= 0.6 is 0 Å². The Bertz CT molecular complexity index is 1760. The fourth-order valence-corrected chi connectivity index (χ4v) is 8.46. The average Bonchev–Trinajstić information content (AvgIpc) is 3.25. The van der Waals surface area contributed by atoms with E-state index >= 15 is 0 Å². The Labute approximate surface area is 258 Å². The summed E-state index contributed by atoms with van der Waals surface area (Å²) in [5.74, 6) is 0.439. The maximum Gasteiger partial charge on any atom is 0.304 e. The smallest absolute Gasteiger partial charge is 0.304 e. The number of ether oxygens (including phenoxy) is 1. The Morgan fingerprint density at radius 2 is 1.73 bits per heavy atom. The van der Waals surface area contributed by atoms with Gasteiger partial charge in [0.2, 0.25) is 0 Å². The van der Waals surface area contributed by atoms with E-state index in [1.807, 2.05) is 24.3 Å². The van der Waals surface area contributed by atoms with Gasteiger partial charge in [0.25, 0.3) is 5.91 Å². The molecule has 8 rings (SSSR count). The van der Waals surface area contributed by atoms with Gasteiger partial charge >= 0.3 is 10.2 Å². The van der Waals surface area contributed by atoms with Crippen molar-refractivity contribution in [3.05, 3.63) is 58.7 Å². The first-order valence-electron chi connectivity index (χ1n) is 15.7. The van der Waals surface area contributed by atoms with Gasteiger partial charge in [-0.15, -0.1) is 0 Å². The summed E-state index contributed by atoms with van der Waals surface area (Å²) in [6.45, 7) is 3.57. The molecule has 1 amide bonds. The molecule has 4 aliphatic heterocycles. The van der Waals surface area contributed by atoms with Gasteiger partial charge in [0.15, 0.2) is 5.78 Å². The molecule has 6 bridgehead atoms. The van der Waals surface area contributed by atoms with Gasteiger partial charge < -0.3 is 14.6 Å². The molecule has 1 saturated heterocycles. The highest BCUT2D eigenvalue weighted by molar-refractivity contribution is 7.87. The lowest BCUT2D eigenvalue weighted by molar-refractivity contribution is -0.114. The number of Topliss-reactive ketones (excluding diaryl/α,β-unsaturated/α-hetero) is 1. The van der Waals surface area contributed by atoms with Gasteiger partial charge in [-0.25, -0.2) is 4.72 Å². The third kappa shape index (κ3) is 5.36. The summed E-state index contributed by atoms with van der Waals surface area (Å²) in [5.41, 5.74) is 6.03. The Hall–Kier alpha value is -3.51. The lowest BCUT2D eigenvalue weighted by atomic mass is 9.81. The van der Waals surface area contributed by atoms with Crippen molar-refractivity contribution in [1.82, 2.24) is 23.8 Å². The molecule has 11 heteroatoms. The van der Waals surface area contributed by atoms with Crippen LogP contribution in [0.15, 0.2) is 42.0 Å².